The van der Waals surface area contributed by atoms with Crippen LogP contribution in [0.2, 0.25) is 0 Å². The van der Waals surface area contributed by atoms with Crippen LogP contribution < -0.4 is 9.47 Å². The van der Waals surface area contributed by atoms with Crippen LogP contribution in [-0.4, -0.2) is 38.4 Å². The molecule has 0 saturated carbocycles. The Morgan fingerprint density at radius 1 is 0.971 bits per heavy atom. The van der Waals surface area contributed by atoms with Gasteiger partial charge in [-0.2, -0.15) is 5.10 Å². The van der Waals surface area contributed by atoms with Crippen molar-refractivity contribution in [2.24, 2.45) is 0 Å². The maximum absolute atomic E-state index is 15.2. The smallest absolute Gasteiger partial charge is 0.166 e. The second kappa shape index (κ2) is 9.17. The second-order valence-electron chi connectivity index (χ2n) is 8.01. The number of methoxy groups -OCH3 is 1. The molecule has 0 aliphatic rings. The molecule has 0 spiro atoms. The van der Waals surface area contributed by atoms with Gasteiger partial charge in [0.15, 0.2) is 23.2 Å². The third-order valence-electron chi connectivity index (χ3n) is 5.55. The number of nitrogens with zero attached hydrogens (tertiary/aromatic N) is 4. The first kappa shape index (κ1) is 22.5. The molecule has 35 heavy (non-hydrogen) atoms. The van der Waals surface area contributed by atoms with E-state index in [0.717, 1.165) is 0 Å². The number of nitrogens with one attached hydrogen (secondary N) is 1. The molecule has 0 atom stereocenters. The molecule has 5 aromatic rings. The minimum absolute atomic E-state index is 0.159. The first-order valence-corrected chi connectivity index (χ1v) is 11.1. The molecule has 0 aliphatic carbocycles. The van der Waals surface area contributed by atoms with Gasteiger partial charge in [0, 0.05) is 12.5 Å². The molecule has 3 aromatic carbocycles. The SMILES string of the molecule is CCOc1ccc(-n2nc(Cc3ccc(OC)c(F)c3)nc2-c2cc3nc(C)[nH]c3cc2F)cc1. The number of halogens is 2. The highest BCUT2D eigenvalue weighted by molar-refractivity contribution is 5.81. The number of aromatic nitrogens is 5. The fraction of sp³-hybridized carbons (Fsp3) is 0.192. The van der Waals surface area contributed by atoms with Crippen molar-refractivity contribution in [3.63, 3.8) is 0 Å². The van der Waals surface area contributed by atoms with E-state index < -0.39 is 11.6 Å². The van der Waals surface area contributed by atoms with Crippen LogP contribution >= 0.6 is 0 Å². The van der Waals surface area contributed by atoms with Gasteiger partial charge in [0.25, 0.3) is 0 Å². The number of hydrogen-bond donors (Lipinski definition) is 1. The minimum Gasteiger partial charge on any atom is -0.494 e. The lowest BCUT2D eigenvalue weighted by atomic mass is 10.1. The van der Waals surface area contributed by atoms with E-state index in [-0.39, 0.29) is 17.7 Å². The third kappa shape index (κ3) is 4.44. The quantitative estimate of drug-likeness (QED) is 0.341. The fourth-order valence-corrected chi connectivity index (χ4v) is 3.97. The highest BCUT2D eigenvalue weighted by atomic mass is 19.1. The number of H-pyrrole nitrogens is 1. The van der Waals surface area contributed by atoms with E-state index in [4.69, 9.17) is 9.47 Å². The molecule has 5 rings (SSSR count). The summed E-state index contributed by atoms with van der Waals surface area (Å²) in [5.74, 6) is 1.36. The molecular formula is C26H23F2N5O2. The molecule has 2 aromatic heterocycles. The summed E-state index contributed by atoms with van der Waals surface area (Å²) in [7, 11) is 1.41. The molecule has 1 N–H and O–H groups in total. The molecular weight excluding hydrogens is 452 g/mol. The number of hydrogen-bond acceptors (Lipinski definition) is 5. The second-order valence-corrected chi connectivity index (χ2v) is 8.01. The van der Waals surface area contributed by atoms with Crippen molar-refractivity contribution >= 4 is 11.0 Å². The summed E-state index contributed by atoms with van der Waals surface area (Å²) in [4.78, 5) is 12.1. The van der Waals surface area contributed by atoms with Gasteiger partial charge in [0.2, 0.25) is 0 Å². The molecule has 9 heteroatoms. The molecule has 178 valence electrons. The van der Waals surface area contributed by atoms with Crippen LogP contribution in [0, 0.1) is 18.6 Å². The average molecular weight is 475 g/mol. The molecule has 2 heterocycles. The number of fused-ring (bicyclic) bond motifs is 1. The zero-order valence-corrected chi connectivity index (χ0v) is 19.5. The van der Waals surface area contributed by atoms with Gasteiger partial charge in [0.1, 0.15) is 17.4 Å². The Labute approximate surface area is 200 Å². The molecule has 0 bridgehead atoms. The molecule has 0 saturated heterocycles. The Kier molecular flexibility index (Phi) is 5.90. The van der Waals surface area contributed by atoms with Crippen LogP contribution in [0.1, 0.15) is 24.1 Å². The van der Waals surface area contributed by atoms with Crippen molar-refractivity contribution in [2.75, 3.05) is 13.7 Å². The highest BCUT2D eigenvalue weighted by Gasteiger charge is 2.19. The van der Waals surface area contributed by atoms with Crippen molar-refractivity contribution in [3.8, 4) is 28.6 Å². The Morgan fingerprint density at radius 2 is 1.77 bits per heavy atom. The summed E-state index contributed by atoms with van der Waals surface area (Å²) in [5, 5.41) is 4.64. The largest absolute Gasteiger partial charge is 0.494 e. The van der Waals surface area contributed by atoms with E-state index in [0.29, 0.717) is 52.1 Å². The van der Waals surface area contributed by atoms with E-state index in [9.17, 15) is 4.39 Å². The average Bonchev–Trinajstić information content (AvgIpc) is 3.41. The van der Waals surface area contributed by atoms with Crippen molar-refractivity contribution < 1.29 is 18.3 Å². The Morgan fingerprint density at radius 3 is 2.49 bits per heavy atom. The van der Waals surface area contributed by atoms with Gasteiger partial charge in [-0.3, -0.25) is 0 Å². The maximum atomic E-state index is 15.2. The van der Waals surface area contributed by atoms with Crippen molar-refractivity contribution in [2.45, 2.75) is 20.3 Å². The lowest BCUT2D eigenvalue weighted by Gasteiger charge is -2.08. The Bertz CT molecular complexity index is 1510. The van der Waals surface area contributed by atoms with Gasteiger partial charge in [-0.15, -0.1) is 0 Å². The van der Waals surface area contributed by atoms with Gasteiger partial charge in [-0.1, -0.05) is 6.07 Å². The van der Waals surface area contributed by atoms with E-state index in [2.05, 4.69) is 20.1 Å². The van der Waals surface area contributed by atoms with E-state index in [1.165, 1.54) is 19.2 Å². The summed E-state index contributed by atoms with van der Waals surface area (Å²) in [5.41, 5.74) is 2.83. The van der Waals surface area contributed by atoms with Crippen LogP contribution in [0.3, 0.4) is 0 Å². The van der Waals surface area contributed by atoms with Crippen LogP contribution in [0.5, 0.6) is 11.5 Å². The van der Waals surface area contributed by atoms with Gasteiger partial charge in [-0.25, -0.2) is 23.4 Å². The first-order chi connectivity index (χ1) is 16.9. The summed E-state index contributed by atoms with van der Waals surface area (Å²) in [6.45, 7) is 4.27. The first-order valence-electron chi connectivity index (χ1n) is 11.1. The maximum Gasteiger partial charge on any atom is 0.166 e. The molecule has 7 nitrogen and oxygen atoms in total. The van der Waals surface area contributed by atoms with E-state index in [1.807, 2.05) is 38.1 Å². The Hall–Kier alpha value is -4.27. The van der Waals surface area contributed by atoms with Gasteiger partial charge in [0.05, 0.1) is 36.0 Å². The van der Waals surface area contributed by atoms with Crippen LogP contribution in [0.15, 0.2) is 54.6 Å². The highest BCUT2D eigenvalue weighted by Crippen LogP contribution is 2.29. The number of benzene rings is 3. The van der Waals surface area contributed by atoms with Crippen LogP contribution in [0.25, 0.3) is 28.1 Å². The fourth-order valence-electron chi connectivity index (χ4n) is 3.97. The number of ether oxygens (including phenoxy) is 2. The zero-order chi connectivity index (χ0) is 24.5. The third-order valence-corrected chi connectivity index (χ3v) is 5.55. The monoisotopic (exact) mass is 475 g/mol. The van der Waals surface area contributed by atoms with Crippen LogP contribution in [-0.2, 0) is 6.42 Å². The summed E-state index contributed by atoms with van der Waals surface area (Å²) >= 11 is 0. The summed E-state index contributed by atoms with van der Waals surface area (Å²) in [6, 6.07) is 15.0. The normalized spacial score (nSPS) is 11.2. The minimum atomic E-state index is -0.471. The predicted molar refractivity (Wildman–Crippen MR) is 128 cm³/mol. The molecule has 0 unspecified atom stereocenters. The standard InChI is InChI=1S/C26H23F2N5O2/c1-4-35-18-8-6-17(7-9-18)33-26(19-13-22-23(14-20(19)27)30-15(2)29-22)31-25(32-33)12-16-5-10-24(34-3)21(28)11-16/h5-11,13-14H,4,12H2,1-3H3,(H,29,30). The molecule has 0 radical (unpaired) electrons. The number of aryl methyl sites for hydroxylation is 1. The number of aromatic amines is 1. The number of imidazole rings is 1. The summed E-state index contributed by atoms with van der Waals surface area (Å²) < 4.78 is 41.6. The molecule has 0 amide bonds. The van der Waals surface area contributed by atoms with Crippen molar-refractivity contribution in [1.29, 1.82) is 0 Å². The van der Waals surface area contributed by atoms with Crippen molar-refractivity contribution in [3.05, 3.63) is 83.4 Å². The Balaban J connectivity index is 1.61. The van der Waals surface area contributed by atoms with Gasteiger partial charge >= 0.3 is 0 Å². The van der Waals surface area contributed by atoms with E-state index >= 15 is 4.39 Å². The summed E-state index contributed by atoms with van der Waals surface area (Å²) in [6.07, 6.45) is 0.253. The lowest BCUT2D eigenvalue weighted by molar-refractivity contribution is 0.340. The topological polar surface area (TPSA) is 77.8 Å². The number of rotatable bonds is 7. The lowest BCUT2D eigenvalue weighted by Crippen LogP contribution is -2.02. The molecule has 0 fully saturated rings. The van der Waals surface area contributed by atoms with Crippen molar-refractivity contribution in [1.82, 2.24) is 24.7 Å². The van der Waals surface area contributed by atoms with Gasteiger partial charge < -0.3 is 14.5 Å². The predicted octanol–water partition coefficient (Wildman–Crippen LogP) is 5.40. The zero-order valence-electron chi connectivity index (χ0n) is 19.5. The van der Waals surface area contributed by atoms with Crippen LogP contribution in [0.4, 0.5) is 8.78 Å². The van der Waals surface area contributed by atoms with Gasteiger partial charge in [-0.05, 0) is 61.9 Å². The van der Waals surface area contributed by atoms with E-state index in [1.54, 1.807) is 22.9 Å². The molecule has 0 aliphatic heterocycles.